The number of anilines is 1. The number of hydrogen-bond donors (Lipinski definition) is 3. The van der Waals surface area contributed by atoms with E-state index in [0.29, 0.717) is 108 Å². The number of methoxy groups -OCH3 is 2. The molecule has 4 aromatic rings. The molecule has 1 aliphatic rings. The topological polar surface area (TPSA) is 197 Å². The molecule has 17 nitrogen and oxygen atoms in total. The van der Waals surface area contributed by atoms with Gasteiger partial charge in [0.25, 0.3) is 0 Å². The number of nitrogens with one attached hydrogen (secondary N) is 2. The first-order valence-electron chi connectivity index (χ1n) is 24.0. The van der Waals surface area contributed by atoms with Gasteiger partial charge in [0.2, 0.25) is 18.2 Å². The second-order valence-electron chi connectivity index (χ2n) is 16.7. The summed E-state index contributed by atoms with van der Waals surface area (Å²) in [6, 6.07) is 29.2. The summed E-state index contributed by atoms with van der Waals surface area (Å²) in [6.07, 6.45) is 7.28. The van der Waals surface area contributed by atoms with E-state index in [2.05, 4.69) is 32.7 Å². The predicted molar refractivity (Wildman–Crippen MR) is 271 cm³/mol. The predicted octanol–water partition coefficient (Wildman–Crippen LogP) is 6.25. The van der Waals surface area contributed by atoms with Crippen LogP contribution >= 0.6 is 0 Å². The number of hydrazone groups is 1. The minimum Gasteiger partial charge on any atom is -0.497 e. The third-order valence-electron chi connectivity index (χ3n) is 11.4. The van der Waals surface area contributed by atoms with Gasteiger partial charge in [-0.05, 0) is 123 Å². The molecule has 0 radical (unpaired) electrons. The molecular formula is C53H71N7O10. The fraction of sp³-hybridized carbons (Fsp3) is 0.453. The van der Waals surface area contributed by atoms with Crippen LogP contribution in [0.25, 0.3) is 0 Å². The van der Waals surface area contributed by atoms with Crippen LogP contribution in [0.1, 0.15) is 61.3 Å². The molecule has 0 heterocycles. The summed E-state index contributed by atoms with van der Waals surface area (Å²) in [5.74, 6) is 8.17. The number of benzene rings is 4. The van der Waals surface area contributed by atoms with E-state index in [1.807, 2.05) is 72.8 Å². The van der Waals surface area contributed by atoms with Gasteiger partial charge in [-0.3, -0.25) is 19.4 Å². The maximum atomic E-state index is 14.0. The lowest BCUT2D eigenvalue weighted by molar-refractivity contribution is -0.141. The van der Waals surface area contributed by atoms with Gasteiger partial charge in [-0.1, -0.05) is 36.4 Å². The molecule has 3 amide bonds. The Morgan fingerprint density at radius 3 is 1.96 bits per heavy atom. The Balaban J connectivity index is 0.888. The van der Waals surface area contributed by atoms with Gasteiger partial charge in [-0.25, -0.2) is 0 Å². The van der Waals surface area contributed by atoms with Gasteiger partial charge in [0.05, 0.1) is 72.7 Å². The number of likely N-dealkylation sites (N-methyl/N-ethyl adjacent to an activating group) is 1. The Kier molecular flexibility index (Phi) is 24.5. The first kappa shape index (κ1) is 54.4. The highest BCUT2D eigenvalue weighted by atomic mass is 16.5. The second-order valence-corrected chi connectivity index (χ2v) is 16.7. The van der Waals surface area contributed by atoms with E-state index in [-0.39, 0.29) is 24.3 Å². The van der Waals surface area contributed by atoms with Crippen LogP contribution in [-0.4, -0.2) is 140 Å². The Labute approximate surface area is 412 Å². The molecule has 1 unspecified atom stereocenters. The maximum Gasteiger partial charge on any atom is 0.247 e. The van der Waals surface area contributed by atoms with Gasteiger partial charge in [-0.15, -0.1) is 0 Å². The zero-order valence-corrected chi connectivity index (χ0v) is 40.9. The summed E-state index contributed by atoms with van der Waals surface area (Å²) in [4.78, 5) is 46.8. The lowest BCUT2D eigenvalue weighted by Gasteiger charge is -2.32. The van der Waals surface area contributed by atoms with Crippen LogP contribution in [0.2, 0.25) is 0 Å². The number of unbranched alkanes of at least 4 members (excludes halogenated alkanes) is 1. The van der Waals surface area contributed by atoms with Crippen molar-refractivity contribution in [2.24, 2.45) is 15.9 Å². The molecular weight excluding hydrogens is 895 g/mol. The number of carbonyl (C=O) groups is 3. The van der Waals surface area contributed by atoms with Crippen LogP contribution in [0.4, 0.5) is 5.69 Å². The molecule has 17 heteroatoms. The monoisotopic (exact) mass is 966 g/mol. The Bertz CT molecular complexity index is 2170. The van der Waals surface area contributed by atoms with Crippen molar-refractivity contribution < 1.29 is 47.5 Å². The Hall–Kier alpha value is -6.53. The van der Waals surface area contributed by atoms with Crippen molar-refractivity contribution in [1.82, 2.24) is 15.1 Å². The molecule has 0 bridgehead atoms. The number of aliphatic imine (C=N–C) groups is 1. The third-order valence-corrected chi connectivity index (χ3v) is 11.4. The van der Waals surface area contributed by atoms with Gasteiger partial charge in [0.15, 0.2) is 0 Å². The molecule has 0 saturated heterocycles. The van der Waals surface area contributed by atoms with Crippen molar-refractivity contribution in [2.75, 3.05) is 99.1 Å². The number of nitrogens with two attached hydrogens (primary N) is 1. The maximum absolute atomic E-state index is 14.0. The molecule has 70 heavy (non-hydrogen) atoms. The van der Waals surface area contributed by atoms with Crippen LogP contribution in [0.5, 0.6) is 23.0 Å². The molecule has 1 atom stereocenters. The van der Waals surface area contributed by atoms with Crippen LogP contribution in [0.3, 0.4) is 0 Å². The van der Waals surface area contributed by atoms with E-state index < -0.39 is 6.04 Å². The van der Waals surface area contributed by atoms with E-state index in [1.165, 1.54) is 0 Å². The SMILES string of the molecule is COc1ccc(CNC(=O)C(c2ccc(OC)cc2)N(C(=O)CCc2ccc(OCCCCN(C)CCOCCOCC/C(C=NCCOCCOc3ccc(NC=O)cc3)=N/N)cc2)C2CC2)cc1. The van der Waals surface area contributed by atoms with Crippen molar-refractivity contribution in [1.29, 1.82) is 0 Å². The highest BCUT2D eigenvalue weighted by molar-refractivity contribution is 6.30. The van der Waals surface area contributed by atoms with Crippen LogP contribution in [-0.2, 0) is 41.6 Å². The minimum atomic E-state index is -0.765. The molecule has 1 saturated carbocycles. The lowest BCUT2D eigenvalue weighted by Crippen LogP contribution is -2.45. The van der Waals surface area contributed by atoms with Crippen molar-refractivity contribution in [3.05, 3.63) is 114 Å². The van der Waals surface area contributed by atoms with E-state index >= 15 is 0 Å². The molecule has 1 fully saturated rings. The van der Waals surface area contributed by atoms with Crippen molar-refractivity contribution in [3.8, 4) is 23.0 Å². The third kappa shape index (κ3) is 20.2. The number of aryl methyl sites for hydroxylation is 1. The smallest absolute Gasteiger partial charge is 0.247 e. The fourth-order valence-electron chi connectivity index (χ4n) is 7.29. The van der Waals surface area contributed by atoms with Crippen molar-refractivity contribution in [3.63, 3.8) is 0 Å². The van der Waals surface area contributed by atoms with E-state index in [0.717, 1.165) is 67.0 Å². The zero-order valence-electron chi connectivity index (χ0n) is 40.9. The minimum absolute atomic E-state index is 0.0147. The van der Waals surface area contributed by atoms with Gasteiger partial charge >= 0.3 is 0 Å². The molecule has 4 aromatic carbocycles. The summed E-state index contributed by atoms with van der Waals surface area (Å²) >= 11 is 0. The average molecular weight is 966 g/mol. The summed E-state index contributed by atoms with van der Waals surface area (Å²) < 4.78 is 39.3. The number of hydrogen-bond acceptors (Lipinski definition) is 14. The quantitative estimate of drug-likeness (QED) is 0.0153. The fourth-order valence-corrected chi connectivity index (χ4v) is 7.29. The van der Waals surface area contributed by atoms with Crippen LogP contribution in [0, 0.1) is 0 Å². The Morgan fingerprint density at radius 2 is 1.30 bits per heavy atom. The number of amides is 3. The van der Waals surface area contributed by atoms with Gasteiger partial charge < -0.3 is 59.4 Å². The number of rotatable bonds is 36. The zero-order chi connectivity index (χ0) is 49.6. The molecule has 378 valence electrons. The van der Waals surface area contributed by atoms with Gasteiger partial charge in [0.1, 0.15) is 35.6 Å². The van der Waals surface area contributed by atoms with Crippen molar-refractivity contribution in [2.45, 2.75) is 63.6 Å². The average Bonchev–Trinajstić information content (AvgIpc) is 4.24. The molecule has 5 rings (SSSR count). The summed E-state index contributed by atoms with van der Waals surface area (Å²) in [7, 11) is 5.31. The summed E-state index contributed by atoms with van der Waals surface area (Å²) in [5, 5.41) is 9.45. The first-order valence-corrected chi connectivity index (χ1v) is 24.0. The molecule has 0 aliphatic heterocycles. The number of carbonyl (C=O) groups excluding carboxylic acids is 3. The van der Waals surface area contributed by atoms with E-state index in [1.54, 1.807) is 49.6 Å². The lowest BCUT2D eigenvalue weighted by atomic mass is 10.0. The molecule has 0 spiro atoms. The molecule has 0 aromatic heterocycles. The highest BCUT2D eigenvalue weighted by Gasteiger charge is 2.41. The van der Waals surface area contributed by atoms with Gasteiger partial charge in [0, 0.05) is 43.9 Å². The van der Waals surface area contributed by atoms with Crippen LogP contribution in [0.15, 0.2) is 107 Å². The summed E-state index contributed by atoms with van der Waals surface area (Å²) in [5.41, 5.74) is 4.05. The van der Waals surface area contributed by atoms with E-state index in [9.17, 15) is 14.4 Å². The largest absolute Gasteiger partial charge is 0.497 e. The molecule has 4 N–H and O–H groups in total. The highest BCUT2D eigenvalue weighted by Crippen LogP contribution is 2.36. The van der Waals surface area contributed by atoms with Crippen molar-refractivity contribution >= 4 is 35.8 Å². The molecule has 1 aliphatic carbocycles. The van der Waals surface area contributed by atoms with Gasteiger partial charge in [-0.2, -0.15) is 5.10 Å². The number of nitrogens with zero attached hydrogens (tertiary/aromatic N) is 4. The normalized spacial score (nSPS) is 12.9. The second kappa shape index (κ2) is 31.6. The number of ether oxygens (including phenoxy) is 7. The standard InChI is InChI=1S/C53H71N7O10/c1-59(29-33-68-35-34-66-31-26-45(58-54)39-55-27-32-67-36-37-70-50-23-13-44(14-24-50)57-40-61)28-4-5-30-69-49-19-6-41(7-20-49)10-25-51(62)60(46-15-16-46)52(43-11-21-48(65-3)22-12-43)53(63)56-38-42-8-17-47(64-2)18-9-42/h6-9,11-14,17-24,39-40,46,52H,4-5,10,15-16,25-38,54H2,1-3H3,(H,56,63)(H,57,61)/b55-39?,58-45-. The van der Waals surface area contributed by atoms with E-state index in [4.69, 9.17) is 39.0 Å². The first-order chi connectivity index (χ1) is 34.3. The Morgan fingerprint density at radius 1 is 0.700 bits per heavy atom. The summed E-state index contributed by atoms with van der Waals surface area (Å²) in [6.45, 7) is 6.46. The van der Waals surface area contributed by atoms with Crippen LogP contribution < -0.4 is 35.4 Å².